The maximum atomic E-state index is 14.0. The molecule has 2 atom stereocenters. The summed E-state index contributed by atoms with van der Waals surface area (Å²) in [5.41, 5.74) is 0.894. The Morgan fingerprint density at radius 3 is 2.17 bits per heavy atom. The molecule has 0 fully saturated rings. The van der Waals surface area contributed by atoms with Gasteiger partial charge >= 0.3 is 0 Å². The predicted octanol–water partition coefficient (Wildman–Crippen LogP) is 6.68. The molecule has 0 aliphatic carbocycles. The van der Waals surface area contributed by atoms with Gasteiger partial charge in [-0.1, -0.05) is 52.1 Å². The lowest BCUT2D eigenvalue weighted by molar-refractivity contribution is -0.139. The molecule has 1 N–H and O–H groups in total. The lowest BCUT2D eigenvalue weighted by Gasteiger charge is -2.32. The average molecular weight is 699 g/mol. The van der Waals surface area contributed by atoms with Crippen LogP contribution in [0.15, 0.2) is 76.1 Å². The Kier molecular flexibility index (Phi) is 12.1. The summed E-state index contributed by atoms with van der Waals surface area (Å²) < 4.78 is 35.1. The van der Waals surface area contributed by atoms with E-state index in [1.54, 1.807) is 61.5 Å². The quantitative estimate of drug-likeness (QED) is 0.215. The summed E-state index contributed by atoms with van der Waals surface area (Å²) in [6, 6.07) is 16.5. The van der Waals surface area contributed by atoms with Gasteiger partial charge in [-0.2, -0.15) is 0 Å². The first kappa shape index (κ1) is 33.7. The number of amides is 2. The summed E-state index contributed by atoms with van der Waals surface area (Å²) in [6.45, 7) is 7.15. The highest BCUT2D eigenvalue weighted by Crippen LogP contribution is 2.28. The van der Waals surface area contributed by atoms with Crippen LogP contribution >= 0.6 is 39.1 Å². The third-order valence-electron chi connectivity index (χ3n) is 6.62. The smallest absolute Gasteiger partial charge is 0.264 e. The summed E-state index contributed by atoms with van der Waals surface area (Å²) >= 11 is 15.6. The molecule has 0 radical (unpaired) electrons. The second-order valence-corrected chi connectivity index (χ2v) is 13.2. The Morgan fingerprint density at radius 2 is 1.60 bits per heavy atom. The predicted molar refractivity (Wildman–Crippen MR) is 171 cm³/mol. The second kappa shape index (κ2) is 15.1. The molecule has 226 valence electrons. The van der Waals surface area contributed by atoms with Crippen molar-refractivity contribution in [2.45, 2.75) is 57.6 Å². The van der Waals surface area contributed by atoms with Crippen molar-refractivity contribution < 1.29 is 22.7 Å². The highest BCUT2D eigenvalue weighted by molar-refractivity contribution is 9.10. The number of nitrogens with one attached hydrogen (secondary N) is 1. The van der Waals surface area contributed by atoms with E-state index in [1.807, 2.05) is 20.8 Å². The van der Waals surface area contributed by atoms with Crippen LogP contribution in [-0.2, 0) is 26.2 Å². The molecule has 42 heavy (non-hydrogen) atoms. The zero-order valence-corrected chi connectivity index (χ0v) is 27.7. The van der Waals surface area contributed by atoms with Gasteiger partial charge < -0.3 is 15.0 Å². The van der Waals surface area contributed by atoms with Gasteiger partial charge in [0.2, 0.25) is 11.8 Å². The number of nitrogens with zero attached hydrogens (tertiary/aromatic N) is 2. The molecule has 8 nitrogen and oxygen atoms in total. The van der Waals surface area contributed by atoms with Gasteiger partial charge in [0.1, 0.15) is 18.3 Å². The molecule has 0 aliphatic rings. The number of halogens is 3. The van der Waals surface area contributed by atoms with E-state index < -0.39 is 28.5 Å². The molecular weight excluding hydrogens is 665 g/mol. The Bertz CT molecular complexity index is 1490. The fourth-order valence-corrected chi connectivity index (χ4v) is 6.02. The lowest BCUT2D eigenvalue weighted by atomic mass is 10.1. The summed E-state index contributed by atoms with van der Waals surface area (Å²) in [5, 5.41) is 3.55. The summed E-state index contributed by atoms with van der Waals surface area (Å²) in [6.07, 6.45) is 0.705. The average Bonchev–Trinajstić information content (AvgIpc) is 2.96. The second-order valence-electron chi connectivity index (χ2n) is 9.66. The molecule has 0 spiro atoms. The summed E-state index contributed by atoms with van der Waals surface area (Å²) in [7, 11) is -4.19. The minimum absolute atomic E-state index is 0.000262. The zero-order valence-electron chi connectivity index (χ0n) is 23.8. The van der Waals surface area contributed by atoms with E-state index in [1.165, 1.54) is 17.0 Å². The van der Waals surface area contributed by atoms with E-state index in [4.69, 9.17) is 27.9 Å². The number of anilines is 1. The number of benzene rings is 3. The van der Waals surface area contributed by atoms with Crippen LogP contribution in [0.1, 0.15) is 39.7 Å². The highest BCUT2D eigenvalue weighted by Gasteiger charge is 2.33. The van der Waals surface area contributed by atoms with E-state index in [-0.39, 0.29) is 29.1 Å². The molecule has 2 unspecified atom stereocenters. The molecule has 3 aromatic carbocycles. The lowest BCUT2D eigenvalue weighted by Crippen LogP contribution is -2.52. The molecule has 2 amide bonds. The van der Waals surface area contributed by atoms with Crippen LogP contribution < -0.4 is 14.4 Å². The molecular formula is C30H34BrCl2N3O5S. The maximum Gasteiger partial charge on any atom is 0.264 e. The zero-order chi connectivity index (χ0) is 31.0. The van der Waals surface area contributed by atoms with E-state index in [0.717, 1.165) is 4.31 Å². The molecule has 0 heterocycles. The van der Waals surface area contributed by atoms with Gasteiger partial charge in [-0.05, 0) is 93.4 Å². The Labute approximate surface area is 266 Å². The number of carbonyl (C=O) groups is 2. The van der Waals surface area contributed by atoms with E-state index >= 15 is 0 Å². The van der Waals surface area contributed by atoms with Crippen LogP contribution in [0.25, 0.3) is 0 Å². The normalized spacial score (nSPS) is 12.7. The van der Waals surface area contributed by atoms with Crippen LogP contribution in [0.3, 0.4) is 0 Å². The molecule has 0 saturated heterocycles. The summed E-state index contributed by atoms with van der Waals surface area (Å²) in [5.74, 6) is -0.381. The van der Waals surface area contributed by atoms with Crippen LogP contribution in [-0.4, -0.2) is 50.4 Å². The highest BCUT2D eigenvalue weighted by atomic mass is 79.9. The summed E-state index contributed by atoms with van der Waals surface area (Å²) in [4.78, 5) is 28.6. The number of rotatable bonds is 13. The van der Waals surface area contributed by atoms with E-state index in [0.29, 0.717) is 38.9 Å². The van der Waals surface area contributed by atoms with Gasteiger partial charge in [-0.15, -0.1) is 0 Å². The largest absolute Gasteiger partial charge is 0.494 e. The minimum Gasteiger partial charge on any atom is -0.494 e. The molecule has 0 aliphatic heterocycles. The first-order valence-corrected chi connectivity index (χ1v) is 16.4. The number of sulfonamides is 1. The number of carbonyl (C=O) groups excluding carboxylic acids is 2. The standard InChI is InChI=1S/C30H34BrCl2N3O5S/c1-5-20(3)34-30(38)21(4)35(18-22-7-16-27(32)28(33)17-22)29(37)19-36(24-10-12-25(13-11-24)41-6-2)42(39,40)26-14-8-23(31)9-15-26/h7-17,20-21H,5-6,18-19H2,1-4H3,(H,34,38). The van der Waals surface area contributed by atoms with Crippen LogP contribution in [0.4, 0.5) is 5.69 Å². The number of hydrogen-bond donors (Lipinski definition) is 1. The molecule has 3 rings (SSSR count). The molecule has 12 heteroatoms. The maximum absolute atomic E-state index is 14.0. The fraction of sp³-hybridized carbons (Fsp3) is 0.333. The SMILES string of the molecule is CCOc1ccc(N(CC(=O)N(Cc2ccc(Cl)c(Cl)c2)C(C)C(=O)NC(C)CC)S(=O)(=O)c2ccc(Br)cc2)cc1. The van der Waals surface area contributed by atoms with Crippen molar-refractivity contribution in [2.24, 2.45) is 0 Å². The Hall–Kier alpha value is -2.79. The van der Waals surface area contributed by atoms with Crippen molar-refractivity contribution in [2.75, 3.05) is 17.5 Å². The first-order valence-electron chi connectivity index (χ1n) is 13.4. The van der Waals surface area contributed by atoms with Crippen LogP contribution in [0.2, 0.25) is 10.0 Å². The number of hydrogen-bond acceptors (Lipinski definition) is 5. The van der Waals surface area contributed by atoms with Crippen LogP contribution in [0, 0.1) is 0 Å². The molecule has 0 bridgehead atoms. The third-order valence-corrected chi connectivity index (χ3v) is 9.68. The third kappa shape index (κ3) is 8.63. The molecule has 0 aromatic heterocycles. The van der Waals surface area contributed by atoms with Gasteiger partial charge in [0.15, 0.2) is 0 Å². The van der Waals surface area contributed by atoms with Crippen molar-refractivity contribution in [1.82, 2.24) is 10.2 Å². The van der Waals surface area contributed by atoms with Gasteiger partial charge in [-0.3, -0.25) is 13.9 Å². The van der Waals surface area contributed by atoms with Crippen molar-refractivity contribution in [3.8, 4) is 5.75 Å². The van der Waals surface area contributed by atoms with Crippen molar-refractivity contribution in [3.05, 3.63) is 86.8 Å². The van der Waals surface area contributed by atoms with Gasteiger partial charge in [0.25, 0.3) is 10.0 Å². The number of ether oxygens (including phenoxy) is 1. The van der Waals surface area contributed by atoms with E-state index in [2.05, 4.69) is 21.2 Å². The van der Waals surface area contributed by atoms with Crippen molar-refractivity contribution in [1.29, 1.82) is 0 Å². The van der Waals surface area contributed by atoms with Gasteiger partial charge in [0, 0.05) is 17.1 Å². The van der Waals surface area contributed by atoms with Gasteiger partial charge in [-0.25, -0.2) is 8.42 Å². The van der Waals surface area contributed by atoms with E-state index in [9.17, 15) is 18.0 Å². The van der Waals surface area contributed by atoms with Gasteiger partial charge in [0.05, 0.1) is 27.2 Å². The monoisotopic (exact) mass is 697 g/mol. The first-order chi connectivity index (χ1) is 19.9. The minimum atomic E-state index is -4.19. The molecule has 3 aromatic rings. The Morgan fingerprint density at radius 1 is 0.952 bits per heavy atom. The fourth-order valence-electron chi connectivity index (χ4n) is 4.02. The van der Waals surface area contributed by atoms with Crippen molar-refractivity contribution >= 4 is 66.7 Å². The van der Waals surface area contributed by atoms with Crippen molar-refractivity contribution in [3.63, 3.8) is 0 Å². The topological polar surface area (TPSA) is 96.0 Å². The Balaban J connectivity index is 2.04. The van der Waals surface area contributed by atoms with Crippen LogP contribution in [0.5, 0.6) is 5.75 Å². The molecule has 0 saturated carbocycles.